The third kappa shape index (κ3) is 5.75. The number of carboxylic acids is 2. The van der Waals surface area contributed by atoms with Crippen molar-refractivity contribution in [3.63, 3.8) is 0 Å². The fourth-order valence-corrected chi connectivity index (χ4v) is 1.29. The summed E-state index contributed by atoms with van der Waals surface area (Å²) in [4.78, 5) is 44.6. The molecule has 0 spiro atoms. The van der Waals surface area contributed by atoms with E-state index in [1.165, 1.54) is 13.3 Å². The number of ketones is 1. The predicted octanol–water partition coefficient (Wildman–Crippen LogP) is 0.415. The number of aromatic amines is 1. The summed E-state index contributed by atoms with van der Waals surface area (Å²) in [6.07, 6.45) is 1.26. The molecule has 0 saturated heterocycles. The number of rotatable bonds is 3. The predicted molar refractivity (Wildman–Crippen MR) is 76.1 cm³/mol. The van der Waals surface area contributed by atoms with Crippen LogP contribution in [0, 0.1) is 0 Å². The monoisotopic (exact) mass is 320 g/mol. The summed E-state index contributed by atoms with van der Waals surface area (Å²) in [6, 6.07) is 6.62. The molecule has 2 rings (SSSR count). The largest absolute Gasteiger partial charge is 0.473 e. The second-order valence-corrected chi connectivity index (χ2v) is 4.03. The molecular weight excluding hydrogens is 308 g/mol. The minimum absolute atomic E-state index is 0.0156. The minimum Gasteiger partial charge on any atom is -0.473 e. The van der Waals surface area contributed by atoms with Crippen molar-refractivity contribution in [3.05, 3.63) is 42.0 Å². The zero-order valence-corrected chi connectivity index (χ0v) is 11.8. The lowest BCUT2D eigenvalue weighted by atomic mass is 10.1. The van der Waals surface area contributed by atoms with Crippen LogP contribution in [0.15, 0.2) is 30.6 Å². The Morgan fingerprint density at radius 1 is 1.04 bits per heavy atom. The van der Waals surface area contributed by atoms with Crippen LogP contribution in [-0.2, 0) is 9.59 Å². The number of carbonyl (C=O) groups excluding carboxylic acids is 2. The molecule has 0 saturated carbocycles. The zero-order valence-electron chi connectivity index (χ0n) is 11.8. The van der Waals surface area contributed by atoms with Gasteiger partial charge in [-0.1, -0.05) is 0 Å². The third-order valence-electron chi connectivity index (χ3n) is 2.36. The topological polar surface area (TPSA) is 162 Å². The number of benzene rings is 1. The van der Waals surface area contributed by atoms with Crippen LogP contribution in [0.2, 0.25) is 0 Å². The number of hydrogen-bond acceptors (Lipinski definition) is 6. The van der Waals surface area contributed by atoms with E-state index in [9.17, 15) is 9.59 Å². The van der Waals surface area contributed by atoms with Gasteiger partial charge in [-0.15, -0.1) is 0 Å². The number of aliphatic carboxylic acids is 2. The number of aromatic nitrogens is 3. The number of H-pyrrole nitrogens is 1. The van der Waals surface area contributed by atoms with Gasteiger partial charge in [-0.05, 0) is 31.2 Å². The molecule has 120 valence electrons. The van der Waals surface area contributed by atoms with Crippen LogP contribution in [-0.4, -0.2) is 49.0 Å². The summed E-state index contributed by atoms with van der Waals surface area (Å²) in [6.45, 7) is 1.49. The lowest BCUT2D eigenvalue weighted by Gasteiger charge is -2.03. The van der Waals surface area contributed by atoms with Crippen molar-refractivity contribution in [2.45, 2.75) is 6.92 Å². The Labute approximate surface area is 129 Å². The molecule has 1 aromatic heterocycles. The van der Waals surface area contributed by atoms with Crippen molar-refractivity contribution < 1.29 is 29.4 Å². The molecule has 0 unspecified atom stereocenters. The highest BCUT2D eigenvalue weighted by molar-refractivity contribution is 6.27. The quantitative estimate of drug-likeness (QED) is 0.467. The van der Waals surface area contributed by atoms with E-state index in [1.54, 1.807) is 24.3 Å². The summed E-state index contributed by atoms with van der Waals surface area (Å²) in [5.41, 5.74) is 1.19. The van der Waals surface area contributed by atoms with Crippen molar-refractivity contribution >= 4 is 29.3 Å². The second kappa shape index (κ2) is 8.02. The van der Waals surface area contributed by atoms with Crippen LogP contribution in [0.25, 0.3) is 0 Å². The van der Waals surface area contributed by atoms with E-state index >= 15 is 0 Å². The van der Waals surface area contributed by atoms with E-state index in [2.05, 4.69) is 20.5 Å². The van der Waals surface area contributed by atoms with Gasteiger partial charge in [0, 0.05) is 11.3 Å². The molecule has 23 heavy (non-hydrogen) atoms. The minimum atomic E-state index is -1.82. The summed E-state index contributed by atoms with van der Waals surface area (Å²) in [5.74, 6) is -3.90. The highest BCUT2D eigenvalue weighted by Gasteiger charge is 2.08. The molecule has 2 aromatic rings. The van der Waals surface area contributed by atoms with Gasteiger partial charge in [0.05, 0.1) is 0 Å². The molecule has 0 atom stereocenters. The maximum Gasteiger partial charge on any atom is 0.414 e. The van der Waals surface area contributed by atoms with Crippen molar-refractivity contribution in [1.82, 2.24) is 15.2 Å². The highest BCUT2D eigenvalue weighted by atomic mass is 16.4. The van der Waals surface area contributed by atoms with Crippen molar-refractivity contribution in [3.8, 4) is 0 Å². The molecule has 0 radical (unpaired) electrons. The molecule has 0 fully saturated rings. The third-order valence-corrected chi connectivity index (χ3v) is 2.36. The average Bonchev–Trinajstić information content (AvgIpc) is 3.02. The summed E-state index contributed by atoms with van der Waals surface area (Å²) in [7, 11) is 0. The molecule has 1 amide bonds. The van der Waals surface area contributed by atoms with Gasteiger partial charge >= 0.3 is 11.9 Å². The Bertz CT molecular complexity index is 697. The number of anilines is 1. The van der Waals surface area contributed by atoms with Crippen molar-refractivity contribution in [1.29, 1.82) is 0 Å². The lowest BCUT2D eigenvalue weighted by molar-refractivity contribution is -0.159. The first-order chi connectivity index (χ1) is 10.8. The smallest absolute Gasteiger partial charge is 0.414 e. The fraction of sp³-hybridized carbons (Fsp3) is 0.0769. The first kappa shape index (κ1) is 17.5. The molecule has 10 nitrogen and oxygen atoms in total. The van der Waals surface area contributed by atoms with Gasteiger partial charge < -0.3 is 15.5 Å². The highest BCUT2D eigenvalue weighted by Crippen LogP contribution is 2.10. The number of amides is 1. The molecule has 0 aliphatic heterocycles. The maximum absolute atomic E-state index is 11.6. The van der Waals surface area contributed by atoms with Crippen LogP contribution in [0.4, 0.5) is 5.69 Å². The normalized spacial score (nSPS) is 9.26. The lowest BCUT2D eigenvalue weighted by Crippen LogP contribution is -2.13. The standard InChI is InChI=1S/C11H10N4O2.C2H2O4/c1-7(16)8-2-4-9(5-3-8)14-11(17)10-12-6-13-15-10;3-1(4)2(5)6/h2-6H,1H3,(H,14,17)(H,12,13,15);(H,3,4)(H,5,6). The molecular formula is C13H12N4O6. The Kier molecular flexibility index (Phi) is 6.10. The number of hydrogen-bond donors (Lipinski definition) is 4. The van der Waals surface area contributed by atoms with Crippen molar-refractivity contribution in [2.24, 2.45) is 0 Å². The molecule has 1 heterocycles. The van der Waals surface area contributed by atoms with E-state index < -0.39 is 11.9 Å². The Morgan fingerprint density at radius 3 is 2.00 bits per heavy atom. The Morgan fingerprint density at radius 2 is 1.61 bits per heavy atom. The molecule has 1 aromatic carbocycles. The number of carboxylic acid groups (broad SMARTS) is 2. The van der Waals surface area contributed by atoms with Crippen LogP contribution in [0.5, 0.6) is 0 Å². The SMILES string of the molecule is CC(=O)c1ccc(NC(=O)c2ncn[nH]2)cc1.O=C(O)C(=O)O. The molecule has 10 heteroatoms. The van der Waals surface area contributed by atoms with Gasteiger partial charge in [0.2, 0.25) is 5.82 Å². The van der Waals surface area contributed by atoms with E-state index in [4.69, 9.17) is 19.8 Å². The summed E-state index contributed by atoms with van der Waals surface area (Å²) < 4.78 is 0. The van der Waals surface area contributed by atoms with Crippen LogP contribution >= 0.6 is 0 Å². The van der Waals surface area contributed by atoms with E-state index in [0.29, 0.717) is 11.3 Å². The Hall–Kier alpha value is -3.56. The first-order valence-corrected chi connectivity index (χ1v) is 6.05. The average molecular weight is 320 g/mol. The van der Waals surface area contributed by atoms with Gasteiger partial charge in [-0.3, -0.25) is 14.7 Å². The zero-order chi connectivity index (χ0) is 17.4. The summed E-state index contributed by atoms with van der Waals surface area (Å²) in [5, 5.41) is 23.4. The van der Waals surface area contributed by atoms with Gasteiger partial charge in [0.15, 0.2) is 5.78 Å². The van der Waals surface area contributed by atoms with Crippen LogP contribution in [0.3, 0.4) is 0 Å². The van der Waals surface area contributed by atoms with Gasteiger partial charge in [-0.2, -0.15) is 5.10 Å². The van der Waals surface area contributed by atoms with Crippen LogP contribution in [0.1, 0.15) is 27.9 Å². The summed E-state index contributed by atoms with van der Waals surface area (Å²) >= 11 is 0. The Balaban J connectivity index is 0.000000379. The van der Waals surface area contributed by atoms with E-state index in [0.717, 1.165) is 0 Å². The number of carbonyl (C=O) groups is 4. The molecule has 0 aliphatic rings. The van der Waals surface area contributed by atoms with E-state index in [-0.39, 0.29) is 17.5 Å². The molecule has 0 bridgehead atoms. The number of Topliss-reactive ketones (excluding diaryl/α,β-unsaturated/α-hetero) is 1. The number of nitrogens with zero attached hydrogens (tertiary/aromatic N) is 2. The molecule has 4 N–H and O–H groups in total. The first-order valence-electron chi connectivity index (χ1n) is 6.05. The van der Waals surface area contributed by atoms with Gasteiger partial charge in [0.1, 0.15) is 6.33 Å². The van der Waals surface area contributed by atoms with E-state index in [1.807, 2.05) is 0 Å². The molecule has 0 aliphatic carbocycles. The van der Waals surface area contributed by atoms with Gasteiger partial charge in [0.25, 0.3) is 5.91 Å². The van der Waals surface area contributed by atoms with Crippen LogP contribution < -0.4 is 5.32 Å². The fourth-order valence-electron chi connectivity index (χ4n) is 1.29. The maximum atomic E-state index is 11.6. The van der Waals surface area contributed by atoms with Crippen molar-refractivity contribution in [2.75, 3.05) is 5.32 Å². The van der Waals surface area contributed by atoms with Gasteiger partial charge in [-0.25, -0.2) is 14.6 Å². The second-order valence-electron chi connectivity index (χ2n) is 4.03. The number of nitrogens with one attached hydrogen (secondary N) is 2.